The lowest BCUT2D eigenvalue weighted by atomic mass is 10.3. The lowest BCUT2D eigenvalue weighted by molar-refractivity contribution is 0.149. The molecule has 5 nitrogen and oxygen atoms in total. The fraction of sp³-hybridized carbons (Fsp3) is 0.667. The first-order valence-corrected chi connectivity index (χ1v) is 6.01. The van der Waals surface area contributed by atoms with Crippen molar-refractivity contribution in [1.82, 2.24) is 15.3 Å². The zero-order chi connectivity index (χ0) is 12.7. The van der Waals surface area contributed by atoms with E-state index < -0.39 is 0 Å². The van der Waals surface area contributed by atoms with Gasteiger partial charge >= 0.3 is 0 Å². The monoisotopic (exact) mass is 239 g/mol. The molecule has 0 bridgehead atoms. The standard InChI is InChI=1S/C12H21N3O2/c1-4-17-6-5-11-14-8-10(12(16)15-11)7-13-9(2)3/h8-9,13H,4-7H2,1-3H3,(H,14,15,16). The van der Waals surface area contributed by atoms with Gasteiger partial charge in [-0.05, 0) is 6.92 Å². The predicted octanol–water partition coefficient (Wildman–Crippen LogP) is 0.847. The Morgan fingerprint density at radius 2 is 2.29 bits per heavy atom. The summed E-state index contributed by atoms with van der Waals surface area (Å²) in [7, 11) is 0. The molecule has 0 saturated heterocycles. The summed E-state index contributed by atoms with van der Waals surface area (Å²) in [5.41, 5.74) is 0.596. The zero-order valence-electron chi connectivity index (χ0n) is 10.7. The van der Waals surface area contributed by atoms with Crippen LogP contribution in [0.25, 0.3) is 0 Å². The molecule has 0 amide bonds. The third kappa shape index (κ3) is 5.10. The number of rotatable bonds is 7. The summed E-state index contributed by atoms with van der Waals surface area (Å²) in [6, 6.07) is 0.354. The molecule has 0 atom stereocenters. The quantitative estimate of drug-likeness (QED) is 0.692. The predicted molar refractivity (Wildman–Crippen MR) is 67.0 cm³/mol. The average molecular weight is 239 g/mol. The molecule has 0 aliphatic carbocycles. The van der Waals surface area contributed by atoms with Crippen LogP contribution in [0, 0.1) is 0 Å². The highest BCUT2D eigenvalue weighted by Crippen LogP contribution is 1.93. The summed E-state index contributed by atoms with van der Waals surface area (Å²) in [5, 5.41) is 3.19. The Labute approximate surface area is 102 Å². The summed E-state index contributed by atoms with van der Waals surface area (Å²) in [5.74, 6) is 0.678. The molecule has 0 aliphatic heterocycles. The van der Waals surface area contributed by atoms with E-state index in [1.165, 1.54) is 0 Å². The van der Waals surface area contributed by atoms with Crippen LogP contribution in [0.15, 0.2) is 11.0 Å². The molecule has 0 aliphatic rings. The highest BCUT2D eigenvalue weighted by molar-refractivity contribution is 5.05. The Hall–Kier alpha value is -1.20. The maximum atomic E-state index is 11.7. The smallest absolute Gasteiger partial charge is 0.255 e. The van der Waals surface area contributed by atoms with E-state index in [1.54, 1.807) is 6.20 Å². The highest BCUT2D eigenvalue weighted by Gasteiger charge is 2.03. The van der Waals surface area contributed by atoms with Crippen molar-refractivity contribution < 1.29 is 4.74 Å². The minimum absolute atomic E-state index is 0.0698. The lowest BCUT2D eigenvalue weighted by Crippen LogP contribution is -2.27. The van der Waals surface area contributed by atoms with Crippen LogP contribution >= 0.6 is 0 Å². The number of aromatic nitrogens is 2. The van der Waals surface area contributed by atoms with Gasteiger partial charge in [-0.1, -0.05) is 13.8 Å². The third-order valence-corrected chi connectivity index (χ3v) is 2.31. The van der Waals surface area contributed by atoms with Gasteiger partial charge in [0.25, 0.3) is 5.56 Å². The van der Waals surface area contributed by atoms with E-state index >= 15 is 0 Å². The Morgan fingerprint density at radius 1 is 1.53 bits per heavy atom. The second kappa shape index (κ2) is 7.19. The summed E-state index contributed by atoms with van der Waals surface area (Å²) < 4.78 is 5.21. The van der Waals surface area contributed by atoms with Gasteiger partial charge in [0.2, 0.25) is 0 Å². The number of nitrogens with zero attached hydrogens (tertiary/aromatic N) is 1. The van der Waals surface area contributed by atoms with Crippen molar-refractivity contribution in [2.45, 2.75) is 39.8 Å². The Morgan fingerprint density at radius 3 is 2.88 bits per heavy atom. The SMILES string of the molecule is CCOCCc1ncc(CNC(C)C)c(=O)[nH]1. The van der Waals surface area contributed by atoms with E-state index in [9.17, 15) is 4.79 Å². The highest BCUT2D eigenvalue weighted by atomic mass is 16.5. The summed E-state index contributed by atoms with van der Waals surface area (Å²) in [4.78, 5) is 18.7. The fourth-order valence-electron chi connectivity index (χ4n) is 1.34. The summed E-state index contributed by atoms with van der Waals surface area (Å²) in [6.45, 7) is 7.84. The topological polar surface area (TPSA) is 67.0 Å². The van der Waals surface area contributed by atoms with Crippen LogP contribution < -0.4 is 10.9 Å². The van der Waals surface area contributed by atoms with E-state index in [-0.39, 0.29) is 5.56 Å². The summed E-state index contributed by atoms with van der Waals surface area (Å²) in [6.07, 6.45) is 2.27. The van der Waals surface area contributed by atoms with Crippen molar-refractivity contribution in [3.05, 3.63) is 27.9 Å². The van der Waals surface area contributed by atoms with E-state index in [4.69, 9.17) is 4.74 Å². The maximum Gasteiger partial charge on any atom is 0.255 e. The molecule has 2 N–H and O–H groups in total. The lowest BCUT2D eigenvalue weighted by Gasteiger charge is -2.07. The zero-order valence-corrected chi connectivity index (χ0v) is 10.7. The molecule has 0 spiro atoms. The van der Waals surface area contributed by atoms with Crippen molar-refractivity contribution in [2.75, 3.05) is 13.2 Å². The second-order valence-electron chi connectivity index (χ2n) is 4.17. The van der Waals surface area contributed by atoms with Crippen LogP contribution in [0.5, 0.6) is 0 Å². The minimum atomic E-state index is -0.0698. The molecule has 1 aromatic rings. The third-order valence-electron chi connectivity index (χ3n) is 2.31. The largest absolute Gasteiger partial charge is 0.381 e. The van der Waals surface area contributed by atoms with Crippen molar-refractivity contribution in [1.29, 1.82) is 0 Å². The van der Waals surface area contributed by atoms with Gasteiger partial charge < -0.3 is 15.0 Å². The van der Waals surface area contributed by atoms with Gasteiger partial charge in [0.1, 0.15) is 5.82 Å². The average Bonchev–Trinajstić information content (AvgIpc) is 2.28. The van der Waals surface area contributed by atoms with E-state index in [0.717, 1.165) is 0 Å². The van der Waals surface area contributed by atoms with Crippen LogP contribution in [0.3, 0.4) is 0 Å². The molecular formula is C12H21N3O2. The van der Waals surface area contributed by atoms with E-state index in [2.05, 4.69) is 15.3 Å². The van der Waals surface area contributed by atoms with Crippen LogP contribution in [-0.2, 0) is 17.7 Å². The van der Waals surface area contributed by atoms with Gasteiger partial charge in [0.05, 0.1) is 6.61 Å². The molecule has 17 heavy (non-hydrogen) atoms. The molecule has 1 rings (SSSR count). The maximum absolute atomic E-state index is 11.7. The molecule has 0 fully saturated rings. The van der Waals surface area contributed by atoms with Crippen LogP contribution in [0.4, 0.5) is 0 Å². The second-order valence-corrected chi connectivity index (χ2v) is 4.17. The van der Waals surface area contributed by atoms with Gasteiger partial charge in [0, 0.05) is 37.4 Å². The van der Waals surface area contributed by atoms with Crippen LogP contribution in [0.2, 0.25) is 0 Å². The first kappa shape index (κ1) is 13.9. The van der Waals surface area contributed by atoms with E-state index in [1.807, 2.05) is 20.8 Å². The molecular weight excluding hydrogens is 218 g/mol. The molecule has 5 heteroatoms. The normalized spacial score (nSPS) is 11.1. The molecule has 0 radical (unpaired) electrons. The molecule has 0 unspecified atom stereocenters. The molecule has 0 saturated carbocycles. The van der Waals surface area contributed by atoms with Gasteiger partial charge in [-0.15, -0.1) is 0 Å². The first-order chi connectivity index (χ1) is 8.13. The summed E-state index contributed by atoms with van der Waals surface area (Å²) >= 11 is 0. The number of H-pyrrole nitrogens is 1. The Bertz CT molecular complexity index is 388. The number of hydrogen-bond donors (Lipinski definition) is 2. The van der Waals surface area contributed by atoms with Gasteiger partial charge in [-0.2, -0.15) is 0 Å². The number of ether oxygens (including phenoxy) is 1. The number of hydrogen-bond acceptors (Lipinski definition) is 4. The van der Waals surface area contributed by atoms with Crippen molar-refractivity contribution >= 4 is 0 Å². The van der Waals surface area contributed by atoms with Crippen LogP contribution in [-0.4, -0.2) is 29.2 Å². The van der Waals surface area contributed by atoms with Crippen molar-refractivity contribution in [3.8, 4) is 0 Å². The number of nitrogens with one attached hydrogen (secondary N) is 2. The van der Waals surface area contributed by atoms with Crippen molar-refractivity contribution in [2.24, 2.45) is 0 Å². The minimum Gasteiger partial charge on any atom is -0.381 e. The van der Waals surface area contributed by atoms with Gasteiger partial charge in [-0.3, -0.25) is 4.79 Å². The Kier molecular flexibility index (Phi) is 5.86. The van der Waals surface area contributed by atoms with Crippen LogP contribution in [0.1, 0.15) is 32.2 Å². The Balaban J connectivity index is 2.56. The molecule has 1 aromatic heterocycles. The van der Waals surface area contributed by atoms with E-state index in [0.29, 0.717) is 43.6 Å². The van der Waals surface area contributed by atoms with Gasteiger partial charge in [-0.25, -0.2) is 4.98 Å². The molecule has 0 aromatic carbocycles. The fourth-order valence-corrected chi connectivity index (χ4v) is 1.34. The molecule has 96 valence electrons. The first-order valence-electron chi connectivity index (χ1n) is 6.01. The van der Waals surface area contributed by atoms with Gasteiger partial charge in [0.15, 0.2) is 0 Å². The van der Waals surface area contributed by atoms with Crippen molar-refractivity contribution in [3.63, 3.8) is 0 Å². The number of aromatic amines is 1. The molecule has 1 heterocycles.